The third-order valence-electron chi connectivity index (χ3n) is 7.07. The summed E-state index contributed by atoms with van der Waals surface area (Å²) in [5.41, 5.74) is 6.57. The molecule has 1 unspecified atom stereocenters. The molecule has 3 aliphatic heterocycles. The van der Waals surface area contributed by atoms with E-state index in [1.54, 1.807) is 20.3 Å². The Kier molecular flexibility index (Phi) is 7.13. The molecular formula is C29H36N2O3. The first-order valence-electron chi connectivity index (χ1n) is 12.1. The van der Waals surface area contributed by atoms with Gasteiger partial charge in [0.1, 0.15) is 0 Å². The molecule has 34 heavy (non-hydrogen) atoms. The van der Waals surface area contributed by atoms with Crippen molar-refractivity contribution >= 4 is 11.5 Å². The summed E-state index contributed by atoms with van der Waals surface area (Å²) in [5.74, 6) is 1.52. The third-order valence-corrected chi connectivity index (χ3v) is 7.07. The van der Waals surface area contributed by atoms with Crippen LogP contribution in [0.5, 0.6) is 11.5 Å². The topological polar surface area (TPSA) is 42.0 Å². The van der Waals surface area contributed by atoms with Gasteiger partial charge in [-0.15, -0.1) is 0 Å². The highest BCUT2D eigenvalue weighted by Crippen LogP contribution is 2.37. The number of amides is 1. The summed E-state index contributed by atoms with van der Waals surface area (Å²) in [4.78, 5) is 17.9. The fourth-order valence-corrected chi connectivity index (χ4v) is 4.92. The van der Waals surface area contributed by atoms with Crippen molar-refractivity contribution in [2.24, 2.45) is 5.92 Å². The molecule has 3 heterocycles. The summed E-state index contributed by atoms with van der Waals surface area (Å²) in [5, 5.41) is 0. The van der Waals surface area contributed by atoms with E-state index < -0.39 is 0 Å². The summed E-state index contributed by atoms with van der Waals surface area (Å²) in [7, 11) is 3.26. The van der Waals surface area contributed by atoms with E-state index in [1.165, 1.54) is 5.57 Å². The normalized spacial score (nSPS) is 21.5. The molecule has 180 valence electrons. The van der Waals surface area contributed by atoms with Crippen LogP contribution in [0.3, 0.4) is 0 Å². The smallest absolute Gasteiger partial charge is 0.255 e. The van der Waals surface area contributed by atoms with Crippen LogP contribution in [0, 0.1) is 5.92 Å². The van der Waals surface area contributed by atoms with E-state index in [9.17, 15) is 4.79 Å². The molecule has 0 fully saturated rings. The average molecular weight is 461 g/mol. The van der Waals surface area contributed by atoms with Crippen LogP contribution >= 0.6 is 0 Å². The molecule has 5 heteroatoms. The molecule has 0 saturated carbocycles. The number of benzene rings is 1. The lowest BCUT2D eigenvalue weighted by Crippen LogP contribution is -2.35. The predicted octanol–water partition coefficient (Wildman–Crippen LogP) is 5.72. The Morgan fingerprint density at radius 3 is 2.47 bits per heavy atom. The van der Waals surface area contributed by atoms with E-state index in [4.69, 9.17) is 9.47 Å². The summed E-state index contributed by atoms with van der Waals surface area (Å²) >= 11 is 0. The number of methoxy groups -OCH3 is 2. The van der Waals surface area contributed by atoms with E-state index in [-0.39, 0.29) is 11.8 Å². The minimum absolute atomic E-state index is 0.0206. The van der Waals surface area contributed by atoms with Gasteiger partial charge in [-0.1, -0.05) is 25.1 Å². The SMILES string of the molecule is COc1ccc(C2=CC(=O)N3C=C(C4=CCN(C(C)C)CC4)C=C(C)C3=CCC2C)cc1OC. The average Bonchev–Trinajstić information content (AvgIpc) is 2.84. The maximum atomic E-state index is 13.6. The standard InChI is InChI=1S/C29H36N2O3/c1-19(2)30-13-11-22(12-14-30)24-15-21(4)26-9-7-20(3)25(17-29(32)31(26)18-24)23-8-10-27(33-5)28(16-23)34-6/h8-11,15-20H,7,12-14H2,1-6H3. The van der Waals surface area contributed by atoms with Crippen molar-refractivity contribution in [1.29, 1.82) is 0 Å². The van der Waals surface area contributed by atoms with Crippen molar-refractivity contribution in [3.05, 3.63) is 76.7 Å². The van der Waals surface area contributed by atoms with Crippen molar-refractivity contribution in [2.45, 2.75) is 46.6 Å². The number of allylic oxidation sites excluding steroid dienone is 5. The Balaban J connectivity index is 1.67. The highest BCUT2D eigenvalue weighted by atomic mass is 16.5. The van der Waals surface area contributed by atoms with Crippen molar-refractivity contribution in [3.63, 3.8) is 0 Å². The number of nitrogens with zero attached hydrogens (tertiary/aromatic N) is 2. The summed E-state index contributed by atoms with van der Waals surface area (Å²) in [6, 6.07) is 6.40. The van der Waals surface area contributed by atoms with Crippen LogP contribution in [0.1, 0.15) is 46.1 Å². The lowest BCUT2D eigenvalue weighted by molar-refractivity contribution is -0.122. The lowest BCUT2D eigenvalue weighted by atomic mass is 9.87. The summed E-state index contributed by atoms with van der Waals surface area (Å²) < 4.78 is 10.9. The van der Waals surface area contributed by atoms with Gasteiger partial charge in [0.2, 0.25) is 0 Å². The molecule has 0 N–H and O–H groups in total. The van der Waals surface area contributed by atoms with E-state index in [0.29, 0.717) is 17.5 Å². The van der Waals surface area contributed by atoms with E-state index in [2.05, 4.69) is 50.8 Å². The van der Waals surface area contributed by atoms with Gasteiger partial charge in [-0.05, 0) is 85.6 Å². The zero-order valence-electron chi connectivity index (χ0n) is 21.2. The molecule has 0 radical (unpaired) electrons. The van der Waals surface area contributed by atoms with Crippen molar-refractivity contribution in [1.82, 2.24) is 9.80 Å². The number of carbonyl (C=O) groups is 1. The molecule has 3 aliphatic rings. The third kappa shape index (κ3) is 4.76. The van der Waals surface area contributed by atoms with Gasteiger partial charge in [0, 0.05) is 37.1 Å². The van der Waals surface area contributed by atoms with E-state index >= 15 is 0 Å². The van der Waals surface area contributed by atoms with Crippen LogP contribution in [0.2, 0.25) is 0 Å². The maximum absolute atomic E-state index is 13.6. The number of hydrogen-bond acceptors (Lipinski definition) is 4. The van der Waals surface area contributed by atoms with Crippen LogP contribution in [-0.2, 0) is 4.79 Å². The number of hydrogen-bond donors (Lipinski definition) is 0. The molecule has 1 aromatic carbocycles. The Labute approximate surface area is 203 Å². The Bertz CT molecular complexity index is 1120. The molecular weight excluding hydrogens is 424 g/mol. The molecule has 0 aromatic heterocycles. The molecule has 1 amide bonds. The first kappa shape index (κ1) is 24.1. The minimum atomic E-state index is -0.0206. The van der Waals surface area contributed by atoms with Gasteiger partial charge < -0.3 is 9.47 Å². The van der Waals surface area contributed by atoms with Gasteiger partial charge in [-0.2, -0.15) is 0 Å². The minimum Gasteiger partial charge on any atom is -0.493 e. The Hall–Kier alpha value is -3.05. The van der Waals surface area contributed by atoms with E-state index in [0.717, 1.165) is 53.9 Å². The van der Waals surface area contributed by atoms with Crippen LogP contribution in [0.4, 0.5) is 0 Å². The number of carbonyl (C=O) groups excluding carboxylic acids is 1. The van der Waals surface area contributed by atoms with Gasteiger partial charge in [0.25, 0.3) is 5.91 Å². The van der Waals surface area contributed by atoms with Crippen LogP contribution in [-0.4, -0.2) is 49.1 Å². The van der Waals surface area contributed by atoms with Crippen LogP contribution in [0.25, 0.3) is 5.57 Å². The molecule has 1 aromatic rings. The van der Waals surface area contributed by atoms with Crippen LogP contribution < -0.4 is 9.47 Å². The first-order valence-corrected chi connectivity index (χ1v) is 12.1. The molecule has 1 atom stereocenters. The Morgan fingerprint density at radius 2 is 1.82 bits per heavy atom. The summed E-state index contributed by atoms with van der Waals surface area (Å²) in [6.07, 6.45) is 12.4. The van der Waals surface area contributed by atoms with Crippen molar-refractivity contribution < 1.29 is 14.3 Å². The van der Waals surface area contributed by atoms with Crippen LogP contribution in [0.15, 0.2) is 71.1 Å². The molecule has 0 saturated heterocycles. The van der Waals surface area contributed by atoms with Crippen molar-refractivity contribution in [3.8, 4) is 11.5 Å². The molecule has 0 aliphatic carbocycles. The fraction of sp³-hybridized carbons (Fsp3) is 0.414. The fourth-order valence-electron chi connectivity index (χ4n) is 4.92. The van der Waals surface area contributed by atoms with E-state index in [1.807, 2.05) is 29.3 Å². The Morgan fingerprint density at radius 1 is 1.06 bits per heavy atom. The lowest BCUT2D eigenvalue weighted by Gasteiger charge is -2.33. The quantitative estimate of drug-likeness (QED) is 0.563. The highest BCUT2D eigenvalue weighted by molar-refractivity contribution is 5.98. The van der Waals surface area contributed by atoms with Crippen molar-refractivity contribution in [2.75, 3.05) is 27.3 Å². The number of rotatable bonds is 5. The molecule has 4 rings (SSSR count). The zero-order valence-corrected chi connectivity index (χ0v) is 21.2. The predicted molar refractivity (Wildman–Crippen MR) is 137 cm³/mol. The second kappa shape index (κ2) is 10.1. The highest BCUT2D eigenvalue weighted by Gasteiger charge is 2.27. The summed E-state index contributed by atoms with van der Waals surface area (Å²) in [6.45, 7) is 10.7. The second-order valence-corrected chi connectivity index (χ2v) is 9.58. The van der Waals surface area contributed by atoms with Gasteiger partial charge >= 0.3 is 0 Å². The van der Waals surface area contributed by atoms with Gasteiger partial charge in [-0.3, -0.25) is 14.6 Å². The first-order chi connectivity index (χ1) is 16.3. The molecule has 5 nitrogen and oxygen atoms in total. The second-order valence-electron chi connectivity index (χ2n) is 9.58. The number of fused-ring (bicyclic) bond motifs is 1. The zero-order chi connectivity index (χ0) is 24.4. The maximum Gasteiger partial charge on any atom is 0.255 e. The van der Waals surface area contributed by atoms with Gasteiger partial charge in [0.05, 0.1) is 14.2 Å². The molecule has 0 spiro atoms. The van der Waals surface area contributed by atoms with Gasteiger partial charge in [-0.25, -0.2) is 0 Å². The largest absolute Gasteiger partial charge is 0.493 e. The number of ether oxygens (including phenoxy) is 2. The molecule has 0 bridgehead atoms. The monoisotopic (exact) mass is 460 g/mol. The van der Waals surface area contributed by atoms with Gasteiger partial charge in [0.15, 0.2) is 11.5 Å².